The molecule has 0 atom stereocenters. The Kier molecular flexibility index (Phi) is 2.51. The summed E-state index contributed by atoms with van der Waals surface area (Å²) < 4.78 is 22.1. The molecule has 4 nitrogen and oxygen atoms in total. The van der Waals surface area contributed by atoms with Gasteiger partial charge in [0.2, 0.25) is 10.0 Å². The van der Waals surface area contributed by atoms with Crippen molar-refractivity contribution < 1.29 is 8.42 Å². The van der Waals surface area contributed by atoms with E-state index in [-0.39, 0.29) is 10.6 Å². The van der Waals surface area contributed by atoms with Crippen LogP contribution in [-0.4, -0.2) is 8.42 Å². The quantitative estimate of drug-likeness (QED) is 0.689. The molecular weight excluding hydrogens is 212 g/mol. The lowest BCUT2D eigenvalue weighted by molar-refractivity contribution is 0.597. The normalized spacial score (nSPS) is 11.6. The minimum atomic E-state index is -3.80. The van der Waals surface area contributed by atoms with Gasteiger partial charge in [-0.25, -0.2) is 13.6 Å². The first-order valence-electron chi connectivity index (χ1n) is 3.41. The van der Waals surface area contributed by atoms with Crippen LogP contribution in [0.1, 0.15) is 5.56 Å². The Morgan fingerprint density at radius 3 is 2.31 bits per heavy atom. The molecule has 0 saturated heterocycles. The molecule has 0 fully saturated rings. The number of hydrogen-bond donors (Lipinski definition) is 2. The third-order valence-corrected chi connectivity index (χ3v) is 3.18. The van der Waals surface area contributed by atoms with Gasteiger partial charge in [0, 0.05) is 5.02 Å². The lowest BCUT2D eigenvalue weighted by Gasteiger charge is -2.07. The third kappa shape index (κ3) is 1.93. The molecule has 0 heterocycles. The number of primary sulfonamides is 1. The number of anilines is 1. The van der Waals surface area contributed by atoms with Crippen LogP contribution in [0.3, 0.4) is 0 Å². The smallest absolute Gasteiger partial charge is 0.240 e. The highest BCUT2D eigenvalue weighted by Crippen LogP contribution is 2.27. The van der Waals surface area contributed by atoms with Crippen LogP contribution in [0.4, 0.5) is 5.69 Å². The van der Waals surface area contributed by atoms with Crippen LogP contribution < -0.4 is 10.9 Å². The van der Waals surface area contributed by atoms with E-state index in [1.807, 2.05) is 0 Å². The number of hydrogen-bond acceptors (Lipinski definition) is 3. The van der Waals surface area contributed by atoms with E-state index in [0.29, 0.717) is 10.6 Å². The summed E-state index contributed by atoms with van der Waals surface area (Å²) in [7, 11) is -3.80. The van der Waals surface area contributed by atoms with Gasteiger partial charge in [0.05, 0.1) is 5.69 Å². The topological polar surface area (TPSA) is 86.2 Å². The van der Waals surface area contributed by atoms with Crippen LogP contribution in [0.15, 0.2) is 17.0 Å². The van der Waals surface area contributed by atoms with E-state index < -0.39 is 10.0 Å². The number of halogens is 1. The van der Waals surface area contributed by atoms with Crippen molar-refractivity contribution in [3.05, 3.63) is 22.7 Å². The van der Waals surface area contributed by atoms with Gasteiger partial charge in [0.1, 0.15) is 4.90 Å². The summed E-state index contributed by atoms with van der Waals surface area (Å²) in [5.74, 6) is 0. The Balaban J connectivity index is 3.62. The molecule has 4 N–H and O–H groups in total. The van der Waals surface area contributed by atoms with Gasteiger partial charge >= 0.3 is 0 Å². The highest BCUT2D eigenvalue weighted by Gasteiger charge is 2.16. The van der Waals surface area contributed by atoms with Crippen molar-refractivity contribution in [1.29, 1.82) is 0 Å². The average Bonchev–Trinajstić information content (AvgIpc) is 1.95. The van der Waals surface area contributed by atoms with E-state index in [9.17, 15) is 8.42 Å². The molecule has 0 amide bonds. The Hall–Kier alpha value is -0.780. The molecule has 1 aromatic rings. The largest absolute Gasteiger partial charge is 0.398 e. The van der Waals surface area contributed by atoms with Gasteiger partial charge in [0.25, 0.3) is 0 Å². The second kappa shape index (κ2) is 3.17. The Labute approximate surface area is 81.5 Å². The fourth-order valence-electron chi connectivity index (χ4n) is 1.07. The maximum absolute atomic E-state index is 11.1. The van der Waals surface area contributed by atoms with Crippen LogP contribution in [0.25, 0.3) is 0 Å². The fraction of sp³-hybridized carbons (Fsp3) is 0.143. The van der Waals surface area contributed by atoms with Crippen LogP contribution in [0.2, 0.25) is 5.02 Å². The molecular formula is C7H9ClN2O2S. The van der Waals surface area contributed by atoms with Gasteiger partial charge in [-0.05, 0) is 24.6 Å². The molecule has 0 aromatic heterocycles. The van der Waals surface area contributed by atoms with Crippen LogP contribution >= 0.6 is 11.6 Å². The van der Waals surface area contributed by atoms with E-state index >= 15 is 0 Å². The third-order valence-electron chi connectivity index (χ3n) is 1.65. The van der Waals surface area contributed by atoms with E-state index in [1.54, 1.807) is 6.92 Å². The van der Waals surface area contributed by atoms with Crippen LogP contribution in [0, 0.1) is 6.92 Å². The van der Waals surface area contributed by atoms with Crippen molar-refractivity contribution in [1.82, 2.24) is 0 Å². The number of nitrogens with two attached hydrogens (primary N) is 2. The molecule has 13 heavy (non-hydrogen) atoms. The molecule has 0 aliphatic rings. The standard InChI is InChI=1S/C7H9ClN2O2S/c1-4-5(8)2-3-6(9)7(4)13(10,11)12/h2-3H,9H2,1H3,(H2,10,11,12). The average molecular weight is 221 g/mol. The monoisotopic (exact) mass is 220 g/mol. The van der Waals surface area contributed by atoms with Crippen LogP contribution in [0.5, 0.6) is 0 Å². The zero-order chi connectivity index (χ0) is 10.2. The molecule has 0 saturated carbocycles. The highest BCUT2D eigenvalue weighted by molar-refractivity contribution is 7.89. The molecule has 0 aliphatic carbocycles. The van der Waals surface area contributed by atoms with Crippen molar-refractivity contribution in [2.75, 3.05) is 5.73 Å². The van der Waals surface area contributed by atoms with Gasteiger partial charge in [-0.1, -0.05) is 11.6 Å². The summed E-state index contributed by atoms with van der Waals surface area (Å²) in [6.45, 7) is 1.55. The number of rotatable bonds is 1. The van der Waals surface area contributed by atoms with Crippen molar-refractivity contribution in [3.63, 3.8) is 0 Å². The zero-order valence-corrected chi connectivity index (χ0v) is 8.48. The van der Waals surface area contributed by atoms with Crippen LogP contribution in [-0.2, 0) is 10.0 Å². The van der Waals surface area contributed by atoms with E-state index in [2.05, 4.69) is 0 Å². The Bertz CT molecular complexity index is 442. The Morgan fingerprint density at radius 1 is 1.38 bits per heavy atom. The highest BCUT2D eigenvalue weighted by atomic mass is 35.5. The summed E-state index contributed by atoms with van der Waals surface area (Å²) in [6.07, 6.45) is 0. The number of sulfonamides is 1. The summed E-state index contributed by atoms with van der Waals surface area (Å²) >= 11 is 5.72. The van der Waals surface area contributed by atoms with Gasteiger partial charge in [0.15, 0.2) is 0 Å². The van der Waals surface area contributed by atoms with Gasteiger partial charge in [-0.3, -0.25) is 0 Å². The maximum atomic E-state index is 11.1. The molecule has 0 radical (unpaired) electrons. The number of nitrogen functional groups attached to an aromatic ring is 1. The first-order valence-corrected chi connectivity index (χ1v) is 5.34. The predicted octanol–water partition coefficient (Wildman–Crippen LogP) is 0.878. The number of benzene rings is 1. The van der Waals surface area contributed by atoms with Gasteiger partial charge in [-0.15, -0.1) is 0 Å². The second-order valence-electron chi connectivity index (χ2n) is 2.64. The molecule has 0 bridgehead atoms. The molecule has 0 aliphatic heterocycles. The maximum Gasteiger partial charge on any atom is 0.240 e. The minimum Gasteiger partial charge on any atom is -0.398 e. The lowest BCUT2D eigenvalue weighted by atomic mass is 10.2. The molecule has 0 unspecified atom stereocenters. The SMILES string of the molecule is Cc1c(Cl)ccc(N)c1S(N)(=O)=O. The molecule has 0 spiro atoms. The summed E-state index contributed by atoms with van der Waals surface area (Å²) in [5.41, 5.74) is 5.95. The first-order chi connectivity index (χ1) is 5.84. The Morgan fingerprint density at radius 2 is 1.92 bits per heavy atom. The summed E-state index contributed by atoms with van der Waals surface area (Å²) in [4.78, 5) is -0.0972. The summed E-state index contributed by atoms with van der Waals surface area (Å²) in [6, 6.07) is 2.94. The fourth-order valence-corrected chi connectivity index (χ4v) is 2.21. The molecule has 72 valence electrons. The van der Waals surface area contributed by atoms with Gasteiger partial charge < -0.3 is 5.73 Å². The van der Waals surface area contributed by atoms with E-state index in [0.717, 1.165) is 0 Å². The second-order valence-corrected chi connectivity index (χ2v) is 4.54. The van der Waals surface area contributed by atoms with Crippen molar-refractivity contribution in [2.24, 2.45) is 5.14 Å². The molecule has 1 rings (SSSR count). The van der Waals surface area contributed by atoms with Crippen molar-refractivity contribution in [2.45, 2.75) is 11.8 Å². The van der Waals surface area contributed by atoms with Crippen molar-refractivity contribution >= 4 is 27.3 Å². The van der Waals surface area contributed by atoms with E-state index in [1.165, 1.54) is 12.1 Å². The first kappa shape index (κ1) is 10.3. The molecule has 6 heteroatoms. The van der Waals surface area contributed by atoms with Gasteiger partial charge in [-0.2, -0.15) is 0 Å². The molecule has 1 aromatic carbocycles. The zero-order valence-electron chi connectivity index (χ0n) is 6.91. The lowest BCUT2D eigenvalue weighted by Crippen LogP contribution is -2.16. The summed E-state index contributed by atoms with van der Waals surface area (Å²) in [5, 5.41) is 5.29. The minimum absolute atomic E-state index is 0.0972. The van der Waals surface area contributed by atoms with E-state index in [4.69, 9.17) is 22.5 Å². The predicted molar refractivity (Wildman–Crippen MR) is 52.0 cm³/mol. The van der Waals surface area contributed by atoms with Crippen molar-refractivity contribution in [3.8, 4) is 0 Å².